The zero-order valence-electron chi connectivity index (χ0n) is 16.1. The molecule has 0 radical (unpaired) electrons. The van der Waals surface area contributed by atoms with Crippen LogP contribution in [0, 0.1) is 0 Å². The summed E-state index contributed by atoms with van der Waals surface area (Å²) < 4.78 is 36.1. The van der Waals surface area contributed by atoms with Gasteiger partial charge in [0, 0.05) is 19.3 Å². The number of carbonyl (C=O) groups excluding carboxylic acids is 1. The summed E-state index contributed by atoms with van der Waals surface area (Å²) in [5, 5.41) is 26.1. The Balaban J connectivity index is 1.98. The summed E-state index contributed by atoms with van der Waals surface area (Å²) in [7, 11) is -4.08. The number of ether oxygens (including phenoxy) is 1. The lowest BCUT2D eigenvalue weighted by atomic mass is 10.0. The number of rotatable bonds is 9. The Morgan fingerprint density at radius 1 is 1.39 bits per heavy atom. The summed E-state index contributed by atoms with van der Waals surface area (Å²) in [6.07, 6.45) is 3.73. The minimum Gasteiger partial charge on any atom is -0.388 e. The Labute approximate surface area is 165 Å². The molecule has 0 spiro atoms. The van der Waals surface area contributed by atoms with Crippen molar-refractivity contribution in [2.24, 2.45) is 0 Å². The first-order chi connectivity index (χ1) is 12.9. The molecule has 0 saturated carbocycles. The van der Waals surface area contributed by atoms with Crippen LogP contribution in [-0.2, 0) is 14.9 Å². The first-order valence-corrected chi connectivity index (χ1v) is 13.6. The molecule has 2 aliphatic heterocycles. The molecule has 162 valence electrons. The molecule has 12 heteroatoms. The monoisotopic (exact) mass is 439 g/mol. The van der Waals surface area contributed by atoms with Crippen LogP contribution in [0.25, 0.3) is 0 Å². The summed E-state index contributed by atoms with van der Waals surface area (Å²) in [6.45, 7) is 3.06. The molecule has 2 amide bonds. The Morgan fingerprint density at radius 3 is 2.68 bits per heavy atom. The van der Waals surface area contributed by atoms with Crippen LogP contribution in [-0.4, -0.2) is 110 Å². The van der Waals surface area contributed by atoms with E-state index in [1.54, 1.807) is 0 Å². The molecule has 0 unspecified atom stereocenters. The van der Waals surface area contributed by atoms with E-state index in [-0.39, 0.29) is 19.8 Å². The maximum absolute atomic E-state index is 12.0. The summed E-state index contributed by atoms with van der Waals surface area (Å²) in [6, 6.07) is -0.392. The number of nitrogens with one attached hydrogen (secondary N) is 2. The van der Waals surface area contributed by atoms with E-state index in [0.717, 1.165) is 6.16 Å². The van der Waals surface area contributed by atoms with Gasteiger partial charge in [0.2, 0.25) is 0 Å². The minimum absolute atomic E-state index is 0.0137. The second-order valence-electron chi connectivity index (χ2n) is 7.80. The van der Waals surface area contributed by atoms with Gasteiger partial charge in [-0.25, -0.2) is 4.79 Å². The van der Waals surface area contributed by atoms with Gasteiger partial charge in [0.1, 0.15) is 18.3 Å². The van der Waals surface area contributed by atoms with Crippen LogP contribution >= 0.6 is 6.89 Å². The van der Waals surface area contributed by atoms with E-state index >= 15 is 0 Å². The minimum atomic E-state index is -4.08. The van der Waals surface area contributed by atoms with E-state index in [4.69, 9.17) is 9.29 Å². The number of carbonyl (C=O) groups is 1. The molecule has 0 aromatic heterocycles. The van der Waals surface area contributed by atoms with Crippen LogP contribution in [0.1, 0.15) is 6.42 Å². The standard InChI is InChI=1S/C16H30N3O7PS/c1-27(2,3)6-4-12-13(20)14(21)15(26-12)11-8-18-16(22)19(9-11)10-17-5-7-28(23,24)25/h9,12-15,17,20-21H,1,4-8,10H2,2-3H3,(H,18,22)(H,23,24,25)/t12-,13-,14-,15+/m1/s1. The summed E-state index contributed by atoms with van der Waals surface area (Å²) >= 11 is 0. The van der Waals surface area contributed by atoms with Gasteiger partial charge < -0.3 is 20.3 Å². The molecule has 0 aromatic rings. The third kappa shape index (κ3) is 6.84. The van der Waals surface area contributed by atoms with Crippen LogP contribution in [0.2, 0.25) is 0 Å². The lowest BCUT2D eigenvalue weighted by Crippen LogP contribution is -2.48. The molecular weight excluding hydrogens is 409 g/mol. The molecule has 2 heterocycles. The fourth-order valence-corrected chi connectivity index (χ4v) is 4.40. The van der Waals surface area contributed by atoms with Crippen molar-refractivity contribution in [2.45, 2.75) is 30.8 Å². The lowest BCUT2D eigenvalue weighted by Gasteiger charge is -2.29. The number of urea groups is 1. The molecule has 28 heavy (non-hydrogen) atoms. The number of hydrogen-bond donors (Lipinski definition) is 5. The summed E-state index contributed by atoms with van der Waals surface area (Å²) in [5.74, 6) is -0.470. The molecule has 2 aliphatic rings. The van der Waals surface area contributed by atoms with Gasteiger partial charge in [0.25, 0.3) is 10.1 Å². The molecule has 5 N–H and O–H groups in total. The predicted molar refractivity (Wildman–Crippen MR) is 109 cm³/mol. The number of amides is 2. The van der Waals surface area contributed by atoms with Crippen molar-refractivity contribution in [2.75, 3.05) is 45.0 Å². The van der Waals surface area contributed by atoms with Gasteiger partial charge in [-0.05, 0) is 31.5 Å². The van der Waals surface area contributed by atoms with Crippen molar-refractivity contribution in [1.82, 2.24) is 15.5 Å². The van der Waals surface area contributed by atoms with Crippen LogP contribution < -0.4 is 10.6 Å². The van der Waals surface area contributed by atoms with Gasteiger partial charge >= 0.3 is 6.03 Å². The highest BCUT2D eigenvalue weighted by Crippen LogP contribution is 2.38. The Bertz CT molecular complexity index is 751. The van der Waals surface area contributed by atoms with Crippen molar-refractivity contribution in [3.8, 4) is 0 Å². The third-order valence-electron chi connectivity index (χ3n) is 4.59. The van der Waals surface area contributed by atoms with E-state index < -0.39 is 53.2 Å². The summed E-state index contributed by atoms with van der Waals surface area (Å²) in [4.78, 5) is 13.3. The van der Waals surface area contributed by atoms with Crippen LogP contribution in [0.15, 0.2) is 11.8 Å². The molecule has 4 atom stereocenters. The van der Waals surface area contributed by atoms with Crippen LogP contribution in [0.5, 0.6) is 0 Å². The Morgan fingerprint density at radius 2 is 2.07 bits per heavy atom. The van der Waals surface area contributed by atoms with Crippen molar-refractivity contribution in [3.05, 3.63) is 11.8 Å². The zero-order chi connectivity index (χ0) is 21.1. The van der Waals surface area contributed by atoms with Crippen LogP contribution in [0.4, 0.5) is 4.79 Å². The van der Waals surface area contributed by atoms with Gasteiger partial charge in [-0.3, -0.25) is 14.8 Å². The summed E-state index contributed by atoms with van der Waals surface area (Å²) in [5.41, 5.74) is 0.605. The highest BCUT2D eigenvalue weighted by molar-refractivity contribution is 7.85. The van der Waals surface area contributed by atoms with E-state index in [9.17, 15) is 23.4 Å². The molecule has 1 saturated heterocycles. The Kier molecular flexibility index (Phi) is 7.71. The normalized spacial score (nSPS) is 29.0. The molecule has 10 nitrogen and oxygen atoms in total. The average Bonchev–Trinajstić information content (AvgIpc) is 2.85. The SMILES string of the molecule is C=P(C)(C)CC[C@H]1O[C@@H](C2=CN(CNCCS(=O)(=O)O)C(=O)NC2)[C@H](O)[C@@H]1O. The van der Waals surface area contributed by atoms with Crippen molar-refractivity contribution < 1.29 is 32.7 Å². The second-order valence-corrected chi connectivity index (χ2v) is 13.7. The van der Waals surface area contributed by atoms with Gasteiger partial charge in [-0.1, -0.05) is 0 Å². The fraction of sp³-hybridized carbons (Fsp3) is 0.750. The van der Waals surface area contributed by atoms with E-state index in [0.29, 0.717) is 12.0 Å². The average molecular weight is 439 g/mol. The van der Waals surface area contributed by atoms with Gasteiger partial charge in [0.15, 0.2) is 0 Å². The first-order valence-electron chi connectivity index (χ1n) is 8.97. The number of aliphatic hydroxyl groups is 2. The van der Waals surface area contributed by atoms with Gasteiger partial charge in [-0.15, -0.1) is 13.2 Å². The van der Waals surface area contributed by atoms with E-state index in [1.165, 1.54) is 11.1 Å². The molecule has 1 fully saturated rings. The molecule has 0 aliphatic carbocycles. The second kappa shape index (κ2) is 9.25. The molecule has 0 aromatic carbocycles. The van der Waals surface area contributed by atoms with Gasteiger partial charge in [0.05, 0.1) is 18.5 Å². The topological polar surface area (TPSA) is 148 Å². The highest BCUT2D eigenvalue weighted by Gasteiger charge is 2.44. The van der Waals surface area contributed by atoms with Crippen molar-refractivity contribution in [1.29, 1.82) is 0 Å². The first kappa shape index (κ1) is 23.3. The predicted octanol–water partition coefficient (Wildman–Crippen LogP) is -1.08. The maximum atomic E-state index is 12.0. The third-order valence-corrected chi connectivity index (χ3v) is 6.78. The van der Waals surface area contributed by atoms with Crippen molar-refractivity contribution in [3.63, 3.8) is 0 Å². The van der Waals surface area contributed by atoms with Crippen LogP contribution in [0.3, 0.4) is 0 Å². The number of hydrogen-bond acceptors (Lipinski definition) is 7. The number of nitrogens with zero attached hydrogens (tertiary/aromatic N) is 1. The lowest BCUT2D eigenvalue weighted by molar-refractivity contribution is 0.0180. The van der Waals surface area contributed by atoms with Gasteiger partial charge in [-0.2, -0.15) is 8.42 Å². The molecule has 0 bridgehead atoms. The largest absolute Gasteiger partial charge is 0.388 e. The van der Waals surface area contributed by atoms with Crippen molar-refractivity contribution >= 4 is 29.3 Å². The maximum Gasteiger partial charge on any atom is 0.322 e. The van der Waals surface area contributed by atoms with E-state index in [2.05, 4.69) is 30.3 Å². The Hall–Kier alpha value is -0.940. The van der Waals surface area contributed by atoms with E-state index in [1.807, 2.05) is 0 Å². The highest BCUT2D eigenvalue weighted by atomic mass is 32.2. The molecule has 2 rings (SSSR count). The number of aliphatic hydroxyl groups excluding tert-OH is 2. The zero-order valence-corrected chi connectivity index (χ0v) is 17.8. The quantitative estimate of drug-likeness (QED) is 0.173. The smallest absolute Gasteiger partial charge is 0.322 e. The fourth-order valence-electron chi connectivity index (χ4n) is 3.05. The molecular formula is C16H30N3O7PS.